The Morgan fingerprint density at radius 3 is 2.62 bits per heavy atom. The number of hydrogen-bond donors (Lipinski definition) is 1. The minimum absolute atomic E-state index is 0.0857. The van der Waals surface area contributed by atoms with Gasteiger partial charge in [-0.2, -0.15) is 0 Å². The number of carbonyl (C=O) groups is 2. The molecule has 3 aromatic rings. The lowest BCUT2D eigenvalue weighted by Crippen LogP contribution is -2.48. The van der Waals surface area contributed by atoms with E-state index in [-0.39, 0.29) is 18.4 Å². The Morgan fingerprint density at radius 1 is 1.16 bits per heavy atom. The van der Waals surface area contributed by atoms with E-state index in [1.807, 2.05) is 71.0 Å². The highest BCUT2D eigenvalue weighted by Gasteiger charge is 2.35. The number of amides is 2. The molecule has 32 heavy (non-hydrogen) atoms. The van der Waals surface area contributed by atoms with E-state index in [1.54, 1.807) is 11.3 Å². The van der Waals surface area contributed by atoms with Crippen LogP contribution < -0.4 is 15.0 Å². The molecule has 0 radical (unpaired) electrons. The number of benzene rings is 2. The van der Waals surface area contributed by atoms with Gasteiger partial charge < -0.3 is 10.1 Å². The van der Waals surface area contributed by atoms with E-state index in [9.17, 15) is 9.59 Å². The number of hydrogen-bond acceptors (Lipinski definition) is 5. The van der Waals surface area contributed by atoms with Crippen molar-refractivity contribution in [1.29, 1.82) is 0 Å². The fourth-order valence-corrected chi connectivity index (χ4v) is 4.73. The van der Waals surface area contributed by atoms with Crippen molar-refractivity contribution >= 4 is 34.5 Å². The largest absolute Gasteiger partial charge is 0.478 e. The van der Waals surface area contributed by atoms with Gasteiger partial charge in [0, 0.05) is 16.1 Å². The normalized spacial score (nSPS) is 15.3. The fraction of sp³-hybridized carbons (Fsp3) is 0.320. The molecule has 0 fully saturated rings. The molecule has 0 saturated heterocycles. The van der Waals surface area contributed by atoms with E-state index in [0.717, 1.165) is 38.0 Å². The molecule has 1 unspecified atom stereocenters. The van der Waals surface area contributed by atoms with Crippen LogP contribution in [0.5, 0.6) is 5.75 Å². The number of rotatable bonds is 5. The summed E-state index contributed by atoms with van der Waals surface area (Å²) in [6, 6.07) is 11.6. The van der Waals surface area contributed by atoms with Crippen LogP contribution in [0, 0.1) is 27.7 Å². The first-order chi connectivity index (χ1) is 15.3. The topological polar surface area (TPSA) is 71.5 Å². The van der Waals surface area contributed by atoms with Crippen LogP contribution in [0.1, 0.15) is 34.4 Å². The first-order valence-electron chi connectivity index (χ1n) is 10.7. The van der Waals surface area contributed by atoms with E-state index >= 15 is 0 Å². The standard InChI is InChI=1S/C25H27N3O3S/c1-6-21-25(30)28(13-23(29)27-19-11-14(2)7-8-15(19)3)20-12-18(9-10-22(20)31-21)24-16(4)32-17(5)26-24/h7-12,21H,6,13H2,1-5H3,(H,27,29). The molecule has 166 valence electrons. The maximum absolute atomic E-state index is 13.2. The lowest BCUT2D eigenvalue weighted by Gasteiger charge is -2.34. The summed E-state index contributed by atoms with van der Waals surface area (Å²) >= 11 is 1.63. The van der Waals surface area contributed by atoms with Gasteiger partial charge in [0.1, 0.15) is 12.3 Å². The monoisotopic (exact) mass is 449 g/mol. The van der Waals surface area contributed by atoms with Gasteiger partial charge in [0.05, 0.1) is 16.4 Å². The van der Waals surface area contributed by atoms with Gasteiger partial charge in [-0.3, -0.25) is 14.5 Å². The average Bonchev–Trinajstić information content (AvgIpc) is 3.10. The quantitative estimate of drug-likeness (QED) is 0.582. The van der Waals surface area contributed by atoms with Crippen molar-refractivity contribution in [2.24, 2.45) is 0 Å². The Balaban J connectivity index is 1.67. The maximum atomic E-state index is 13.2. The second-order valence-corrected chi connectivity index (χ2v) is 9.53. The first-order valence-corrected chi connectivity index (χ1v) is 11.5. The Morgan fingerprint density at radius 2 is 1.94 bits per heavy atom. The molecule has 0 saturated carbocycles. The maximum Gasteiger partial charge on any atom is 0.268 e. The van der Waals surface area contributed by atoms with Gasteiger partial charge in [0.2, 0.25) is 5.91 Å². The number of nitrogens with zero attached hydrogens (tertiary/aromatic N) is 2. The van der Waals surface area contributed by atoms with Crippen LogP contribution in [0.25, 0.3) is 11.3 Å². The molecule has 0 aliphatic carbocycles. The van der Waals surface area contributed by atoms with Crippen molar-refractivity contribution in [3.8, 4) is 17.0 Å². The number of ether oxygens (including phenoxy) is 1. The highest BCUT2D eigenvalue weighted by Crippen LogP contribution is 2.39. The van der Waals surface area contributed by atoms with Crippen LogP contribution in [-0.4, -0.2) is 29.4 Å². The number of thiazole rings is 1. The molecule has 2 amide bonds. The molecule has 1 N–H and O–H groups in total. The molecule has 6 nitrogen and oxygen atoms in total. The van der Waals surface area contributed by atoms with Crippen molar-refractivity contribution in [2.45, 2.75) is 47.1 Å². The van der Waals surface area contributed by atoms with E-state index in [0.29, 0.717) is 17.9 Å². The molecular formula is C25H27N3O3S. The van der Waals surface area contributed by atoms with Crippen LogP contribution in [-0.2, 0) is 9.59 Å². The van der Waals surface area contributed by atoms with Crippen LogP contribution >= 0.6 is 11.3 Å². The predicted octanol–water partition coefficient (Wildman–Crippen LogP) is 5.19. The molecule has 4 rings (SSSR count). The van der Waals surface area contributed by atoms with Crippen LogP contribution in [0.4, 0.5) is 11.4 Å². The molecule has 0 spiro atoms. The lowest BCUT2D eigenvalue weighted by molar-refractivity contribution is -0.128. The van der Waals surface area contributed by atoms with Crippen LogP contribution in [0.2, 0.25) is 0 Å². The molecule has 7 heteroatoms. The van der Waals surface area contributed by atoms with Crippen molar-refractivity contribution < 1.29 is 14.3 Å². The zero-order chi connectivity index (χ0) is 23.0. The van der Waals surface area contributed by atoms with E-state index < -0.39 is 6.10 Å². The van der Waals surface area contributed by atoms with Crippen LogP contribution in [0.3, 0.4) is 0 Å². The summed E-state index contributed by atoms with van der Waals surface area (Å²) in [5.41, 5.74) is 5.17. The summed E-state index contributed by atoms with van der Waals surface area (Å²) in [4.78, 5) is 33.4. The second kappa shape index (κ2) is 8.74. The molecule has 2 aromatic carbocycles. The smallest absolute Gasteiger partial charge is 0.268 e. The Labute approximate surface area is 192 Å². The lowest BCUT2D eigenvalue weighted by atomic mass is 10.1. The third-order valence-electron chi connectivity index (χ3n) is 5.58. The van der Waals surface area contributed by atoms with Gasteiger partial charge in [0.25, 0.3) is 5.91 Å². The van der Waals surface area contributed by atoms with Gasteiger partial charge in [-0.15, -0.1) is 11.3 Å². The minimum Gasteiger partial charge on any atom is -0.478 e. The van der Waals surface area contributed by atoms with Gasteiger partial charge in [0.15, 0.2) is 6.10 Å². The number of nitrogens with one attached hydrogen (secondary N) is 1. The van der Waals surface area contributed by atoms with E-state index in [2.05, 4.69) is 10.3 Å². The molecule has 1 atom stereocenters. The minimum atomic E-state index is -0.606. The predicted molar refractivity (Wildman–Crippen MR) is 129 cm³/mol. The molecule has 2 heterocycles. The summed E-state index contributed by atoms with van der Waals surface area (Å²) in [5, 5.41) is 3.94. The Kier molecular flexibility index (Phi) is 6.02. The summed E-state index contributed by atoms with van der Waals surface area (Å²) in [7, 11) is 0. The van der Waals surface area contributed by atoms with Gasteiger partial charge in [-0.25, -0.2) is 4.98 Å². The van der Waals surface area contributed by atoms with Crippen molar-refractivity contribution in [1.82, 2.24) is 4.98 Å². The molecular weight excluding hydrogens is 422 g/mol. The zero-order valence-corrected chi connectivity index (χ0v) is 19.8. The van der Waals surface area contributed by atoms with E-state index in [4.69, 9.17) is 4.74 Å². The zero-order valence-electron chi connectivity index (χ0n) is 19.0. The second-order valence-electron chi connectivity index (χ2n) is 8.13. The highest BCUT2D eigenvalue weighted by molar-refractivity contribution is 7.11. The highest BCUT2D eigenvalue weighted by atomic mass is 32.1. The van der Waals surface area contributed by atoms with Crippen molar-refractivity contribution in [2.75, 3.05) is 16.8 Å². The number of carbonyl (C=O) groups excluding carboxylic acids is 2. The van der Waals surface area contributed by atoms with Crippen molar-refractivity contribution in [3.63, 3.8) is 0 Å². The molecule has 1 aromatic heterocycles. The Hall–Kier alpha value is -3.19. The number of fused-ring (bicyclic) bond motifs is 1. The molecule has 1 aliphatic rings. The van der Waals surface area contributed by atoms with Gasteiger partial charge in [-0.1, -0.05) is 19.1 Å². The first kappa shape index (κ1) is 22.0. The number of anilines is 2. The van der Waals surface area contributed by atoms with Crippen molar-refractivity contribution in [3.05, 3.63) is 57.4 Å². The van der Waals surface area contributed by atoms with Crippen LogP contribution in [0.15, 0.2) is 36.4 Å². The fourth-order valence-electron chi connectivity index (χ4n) is 3.89. The van der Waals surface area contributed by atoms with E-state index in [1.165, 1.54) is 4.90 Å². The summed E-state index contributed by atoms with van der Waals surface area (Å²) < 4.78 is 5.94. The van der Waals surface area contributed by atoms with Gasteiger partial charge >= 0.3 is 0 Å². The average molecular weight is 450 g/mol. The summed E-state index contributed by atoms with van der Waals surface area (Å²) in [5.74, 6) is 0.143. The molecule has 0 bridgehead atoms. The van der Waals surface area contributed by atoms with Gasteiger partial charge in [-0.05, 0) is 69.5 Å². The summed E-state index contributed by atoms with van der Waals surface area (Å²) in [6.07, 6.45) is -0.0791. The summed E-state index contributed by atoms with van der Waals surface area (Å²) in [6.45, 7) is 9.75. The Bertz CT molecular complexity index is 1200. The third kappa shape index (κ3) is 4.25. The number of aromatic nitrogens is 1. The molecule has 1 aliphatic heterocycles. The number of aryl methyl sites for hydroxylation is 4. The third-order valence-corrected chi connectivity index (χ3v) is 6.46. The SMILES string of the molecule is CCC1Oc2ccc(-c3nc(C)sc3C)cc2N(CC(=O)Nc2cc(C)ccc2C)C1=O.